The molecule has 0 aliphatic heterocycles. The molecule has 0 radical (unpaired) electrons. The third kappa shape index (κ3) is 4.43. The van der Waals surface area contributed by atoms with Crippen LogP contribution in [0.2, 0.25) is 0 Å². The van der Waals surface area contributed by atoms with Crippen LogP contribution >= 0.6 is 0 Å². The molecule has 0 bridgehead atoms. The van der Waals surface area contributed by atoms with E-state index in [2.05, 4.69) is 4.74 Å². The number of aliphatic hydroxyl groups is 2. The van der Waals surface area contributed by atoms with E-state index < -0.39 is 12.2 Å². The van der Waals surface area contributed by atoms with Gasteiger partial charge in [-0.15, -0.1) is 0 Å². The van der Waals surface area contributed by atoms with Gasteiger partial charge in [-0.25, -0.2) is 0 Å². The zero-order chi connectivity index (χ0) is 7.98. The number of rotatable bonds is 5. The van der Waals surface area contributed by atoms with E-state index >= 15 is 0 Å². The minimum atomic E-state index is -1.08. The molecule has 60 valence electrons. The number of hydrogen-bond donors (Lipinski definition) is 2. The Morgan fingerprint density at radius 3 is 2.60 bits per heavy atom. The molecule has 0 aromatic heterocycles. The minimum absolute atomic E-state index is 0.0390. The van der Waals surface area contributed by atoms with Crippen LogP contribution in [-0.4, -0.2) is 42.4 Å². The van der Waals surface area contributed by atoms with E-state index in [0.29, 0.717) is 6.29 Å². The third-order valence-electron chi connectivity index (χ3n) is 1.03. The van der Waals surface area contributed by atoms with Crippen molar-refractivity contribution in [2.24, 2.45) is 0 Å². The second-order valence-electron chi connectivity index (χ2n) is 2.05. The van der Waals surface area contributed by atoms with Crippen molar-refractivity contribution >= 4 is 6.29 Å². The summed E-state index contributed by atoms with van der Waals surface area (Å²) in [6.07, 6.45) is -1.41. The lowest BCUT2D eigenvalue weighted by Crippen LogP contribution is -2.22. The van der Waals surface area contributed by atoms with Gasteiger partial charge in [-0.05, 0) is 0 Å². The van der Waals surface area contributed by atoms with Gasteiger partial charge in [0.25, 0.3) is 0 Å². The lowest BCUT2D eigenvalue weighted by Gasteiger charge is -2.09. The molecule has 0 heterocycles. The quantitative estimate of drug-likeness (QED) is 0.488. The Morgan fingerprint density at radius 2 is 2.20 bits per heavy atom. The molecular weight excluding hydrogens is 136 g/mol. The smallest absolute Gasteiger partial charge is 0.148 e. The second kappa shape index (κ2) is 5.34. The number of hydrogen-bond acceptors (Lipinski definition) is 4. The average Bonchev–Trinajstić information content (AvgIpc) is 1.88. The van der Waals surface area contributed by atoms with Crippen molar-refractivity contribution in [1.82, 2.24) is 0 Å². The Hall–Kier alpha value is -0.450. The van der Waals surface area contributed by atoms with Gasteiger partial charge in [0.05, 0.1) is 12.7 Å². The Bertz CT molecular complexity index is 93.7. The first-order chi connectivity index (χ1) is 4.70. The Balaban J connectivity index is 3.36. The second-order valence-corrected chi connectivity index (χ2v) is 2.05. The molecule has 0 aromatic carbocycles. The summed E-state index contributed by atoms with van der Waals surface area (Å²) in [4.78, 5) is 9.84. The van der Waals surface area contributed by atoms with Gasteiger partial charge in [0, 0.05) is 13.5 Å². The van der Waals surface area contributed by atoms with E-state index in [4.69, 9.17) is 10.2 Å². The number of carbonyl (C=O) groups is 1. The SMILES string of the molecule is COCC(O)CC(O)C=O. The molecule has 0 spiro atoms. The highest BCUT2D eigenvalue weighted by Crippen LogP contribution is 1.95. The average molecular weight is 148 g/mol. The van der Waals surface area contributed by atoms with Crippen LogP contribution in [0.5, 0.6) is 0 Å². The van der Waals surface area contributed by atoms with Gasteiger partial charge >= 0.3 is 0 Å². The lowest BCUT2D eigenvalue weighted by molar-refractivity contribution is -0.116. The summed E-state index contributed by atoms with van der Waals surface area (Å²) in [5.74, 6) is 0. The summed E-state index contributed by atoms with van der Waals surface area (Å²) in [6, 6.07) is 0. The maximum absolute atomic E-state index is 9.84. The van der Waals surface area contributed by atoms with Gasteiger partial charge in [-0.1, -0.05) is 0 Å². The normalized spacial score (nSPS) is 16.3. The van der Waals surface area contributed by atoms with Gasteiger partial charge in [0.1, 0.15) is 12.4 Å². The monoisotopic (exact) mass is 148 g/mol. The summed E-state index contributed by atoms with van der Waals surface area (Å²) in [5.41, 5.74) is 0. The summed E-state index contributed by atoms with van der Waals surface area (Å²) >= 11 is 0. The fourth-order valence-corrected chi connectivity index (χ4v) is 0.595. The molecule has 2 N–H and O–H groups in total. The first-order valence-electron chi connectivity index (χ1n) is 3.01. The predicted molar refractivity (Wildman–Crippen MR) is 34.6 cm³/mol. The van der Waals surface area contributed by atoms with E-state index in [0.717, 1.165) is 0 Å². The highest BCUT2D eigenvalue weighted by atomic mass is 16.5. The van der Waals surface area contributed by atoms with Crippen LogP contribution in [0.15, 0.2) is 0 Å². The number of ether oxygens (including phenoxy) is 1. The molecule has 0 rings (SSSR count). The zero-order valence-corrected chi connectivity index (χ0v) is 5.86. The van der Waals surface area contributed by atoms with Crippen molar-refractivity contribution in [3.05, 3.63) is 0 Å². The van der Waals surface area contributed by atoms with Crippen LogP contribution in [0.25, 0.3) is 0 Å². The highest BCUT2D eigenvalue weighted by Gasteiger charge is 2.09. The number of aliphatic hydroxyl groups excluding tert-OH is 2. The van der Waals surface area contributed by atoms with Crippen LogP contribution in [0.4, 0.5) is 0 Å². The van der Waals surface area contributed by atoms with Gasteiger partial charge in [0.2, 0.25) is 0 Å². The van der Waals surface area contributed by atoms with E-state index in [1.165, 1.54) is 7.11 Å². The largest absolute Gasteiger partial charge is 0.391 e. The predicted octanol–water partition coefficient (Wildman–Crippen LogP) is -1.06. The Labute approximate surface area is 59.4 Å². The van der Waals surface area contributed by atoms with Crippen LogP contribution in [-0.2, 0) is 9.53 Å². The van der Waals surface area contributed by atoms with E-state index in [1.54, 1.807) is 0 Å². The molecule has 0 saturated carbocycles. The molecule has 0 aliphatic carbocycles. The molecule has 0 aliphatic rings. The van der Waals surface area contributed by atoms with Crippen LogP contribution in [0.3, 0.4) is 0 Å². The Morgan fingerprint density at radius 1 is 1.60 bits per heavy atom. The zero-order valence-electron chi connectivity index (χ0n) is 5.86. The fraction of sp³-hybridized carbons (Fsp3) is 0.833. The van der Waals surface area contributed by atoms with Crippen molar-refractivity contribution in [2.45, 2.75) is 18.6 Å². The molecule has 0 aromatic rings. The van der Waals surface area contributed by atoms with Crippen LogP contribution in [0.1, 0.15) is 6.42 Å². The first-order valence-corrected chi connectivity index (χ1v) is 3.01. The molecule has 2 unspecified atom stereocenters. The third-order valence-corrected chi connectivity index (χ3v) is 1.03. The molecule has 4 heteroatoms. The highest BCUT2D eigenvalue weighted by molar-refractivity contribution is 5.55. The number of methoxy groups -OCH3 is 1. The summed E-state index contributed by atoms with van der Waals surface area (Å²) in [5, 5.41) is 17.6. The van der Waals surface area contributed by atoms with Crippen molar-refractivity contribution in [3.8, 4) is 0 Å². The minimum Gasteiger partial charge on any atom is -0.391 e. The van der Waals surface area contributed by atoms with E-state index in [1.807, 2.05) is 0 Å². The molecular formula is C6H12O4. The van der Waals surface area contributed by atoms with Crippen molar-refractivity contribution < 1.29 is 19.7 Å². The summed E-state index contributed by atoms with van der Waals surface area (Å²) in [6.45, 7) is 0.144. The molecule has 0 fully saturated rings. The molecule has 0 saturated heterocycles. The van der Waals surface area contributed by atoms with Crippen LogP contribution in [0, 0.1) is 0 Å². The number of carbonyl (C=O) groups excluding carboxylic acids is 1. The van der Waals surface area contributed by atoms with Gasteiger partial charge < -0.3 is 19.7 Å². The standard InChI is InChI=1S/C6H12O4/c1-10-4-6(9)2-5(8)3-7/h3,5-6,8-9H,2,4H2,1H3. The van der Waals surface area contributed by atoms with Gasteiger partial charge in [-0.3, -0.25) is 0 Å². The lowest BCUT2D eigenvalue weighted by atomic mass is 10.2. The van der Waals surface area contributed by atoms with Crippen molar-refractivity contribution in [2.75, 3.05) is 13.7 Å². The first kappa shape index (κ1) is 9.55. The number of aldehydes is 1. The maximum Gasteiger partial charge on any atom is 0.148 e. The van der Waals surface area contributed by atoms with Crippen molar-refractivity contribution in [1.29, 1.82) is 0 Å². The van der Waals surface area contributed by atoms with Crippen LogP contribution < -0.4 is 0 Å². The molecule has 10 heavy (non-hydrogen) atoms. The van der Waals surface area contributed by atoms with E-state index in [9.17, 15) is 4.79 Å². The summed E-state index contributed by atoms with van der Waals surface area (Å²) in [7, 11) is 1.44. The molecule has 2 atom stereocenters. The Kier molecular flexibility index (Phi) is 5.10. The fourth-order valence-electron chi connectivity index (χ4n) is 0.595. The topological polar surface area (TPSA) is 66.8 Å². The van der Waals surface area contributed by atoms with E-state index in [-0.39, 0.29) is 13.0 Å². The summed E-state index contributed by atoms with van der Waals surface area (Å²) < 4.78 is 4.57. The van der Waals surface area contributed by atoms with Gasteiger partial charge in [-0.2, -0.15) is 0 Å². The molecule has 4 nitrogen and oxygen atoms in total. The maximum atomic E-state index is 9.84. The van der Waals surface area contributed by atoms with Crippen molar-refractivity contribution in [3.63, 3.8) is 0 Å². The van der Waals surface area contributed by atoms with Gasteiger partial charge in [0.15, 0.2) is 0 Å². The molecule has 0 amide bonds.